The Hall–Kier alpha value is -2.68. The first-order chi connectivity index (χ1) is 14.2. The van der Waals surface area contributed by atoms with Crippen molar-refractivity contribution in [3.8, 4) is 11.3 Å². The number of nitrogens with one attached hydrogen (secondary N) is 1. The Kier molecular flexibility index (Phi) is 7.62. The molecular weight excluding hydrogens is 424 g/mol. The van der Waals surface area contributed by atoms with E-state index in [-0.39, 0.29) is 29.9 Å². The Morgan fingerprint density at radius 2 is 1.83 bits per heavy atom. The summed E-state index contributed by atoms with van der Waals surface area (Å²) in [6, 6.07) is 15.0. The Balaban J connectivity index is 0.00000256. The molecule has 1 fully saturated rings. The lowest BCUT2D eigenvalue weighted by Gasteiger charge is -2.34. The van der Waals surface area contributed by atoms with E-state index < -0.39 is 0 Å². The lowest BCUT2D eigenvalue weighted by molar-refractivity contribution is 0.0642. The van der Waals surface area contributed by atoms with Crippen LogP contribution < -0.4 is 5.32 Å². The van der Waals surface area contributed by atoms with Gasteiger partial charge in [0.2, 0.25) is 0 Å². The third kappa shape index (κ3) is 5.27. The van der Waals surface area contributed by atoms with Gasteiger partial charge in [-0.2, -0.15) is 0 Å². The predicted molar refractivity (Wildman–Crippen MR) is 118 cm³/mol. The summed E-state index contributed by atoms with van der Waals surface area (Å²) in [6.07, 6.45) is 0. The lowest BCUT2D eigenvalue weighted by Crippen LogP contribution is -2.50. The van der Waals surface area contributed by atoms with Crippen molar-refractivity contribution in [1.29, 1.82) is 0 Å². The normalized spacial score (nSPS) is 14.2. The number of amides is 2. The SMILES string of the molecule is Cl.O=C(NCCN1CCN(C(=O)c2cccs2)CC1)c1cc(-c2ccccc2)on1. The maximum atomic E-state index is 12.4. The molecule has 0 spiro atoms. The summed E-state index contributed by atoms with van der Waals surface area (Å²) in [5.74, 6) is 0.429. The van der Waals surface area contributed by atoms with Gasteiger partial charge in [0.15, 0.2) is 11.5 Å². The lowest BCUT2D eigenvalue weighted by atomic mass is 10.1. The van der Waals surface area contributed by atoms with Gasteiger partial charge in [-0.05, 0) is 11.4 Å². The second kappa shape index (κ2) is 10.4. The molecule has 2 aromatic heterocycles. The van der Waals surface area contributed by atoms with Gasteiger partial charge in [0, 0.05) is 50.9 Å². The maximum Gasteiger partial charge on any atom is 0.273 e. The summed E-state index contributed by atoms with van der Waals surface area (Å²) in [4.78, 5) is 29.6. The van der Waals surface area contributed by atoms with Crippen LogP contribution in [0.2, 0.25) is 0 Å². The monoisotopic (exact) mass is 446 g/mol. The van der Waals surface area contributed by atoms with Gasteiger partial charge in [-0.3, -0.25) is 14.5 Å². The molecule has 7 nitrogen and oxygen atoms in total. The number of carbonyl (C=O) groups is 2. The van der Waals surface area contributed by atoms with E-state index in [2.05, 4.69) is 15.4 Å². The molecule has 3 aromatic rings. The number of halogens is 1. The van der Waals surface area contributed by atoms with E-state index >= 15 is 0 Å². The van der Waals surface area contributed by atoms with E-state index in [0.717, 1.165) is 30.1 Å². The molecule has 0 bridgehead atoms. The topological polar surface area (TPSA) is 78.7 Å². The number of thiophene rings is 1. The van der Waals surface area contributed by atoms with Crippen molar-refractivity contribution in [1.82, 2.24) is 20.3 Å². The fraction of sp³-hybridized carbons (Fsp3) is 0.286. The van der Waals surface area contributed by atoms with E-state index in [9.17, 15) is 9.59 Å². The molecule has 0 aliphatic carbocycles. The first-order valence-electron chi connectivity index (χ1n) is 9.56. The van der Waals surface area contributed by atoms with Crippen molar-refractivity contribution in [2.75, 3.05) is 39.3 Å². The summed E-state index contributed by atoms with van der Waals surface area (Å²) in [5.41, 5.74) is 1.16. The molecule has 158 valence electrons. The van der Waals surface area contributed by atoms with Crippen LogP contribution in [0.25, 0.3) is 11.3 Å². The zero-order chi connectivity index (χ0) is 20.1. The van der Waals surface area contributed by atoms with Crippen molar-refractivity contribution in [3.63, 3.8) is 0 Å². The summed E-state index contributed by atoms with van der Waals surface area (Å²) in [7, 11) is 0. The zero-order valence-corrected chi connectivity index (χ0v) is 18.0. The maximum absolute atomic E-state index is 12.4. The van der Waals surface area contributed by atoms with Gasteiger partial charge in [-0.1, -0.05) is 41.6 Å². The number of benzene rings is 1. The average molecular weight is 447 g/mol. The van der Waals surface area contributed by atoms with Crippen molar-refractivity contribution < 1.29 is 14.1 Å². The van der Waals surface area contributed by atoms with Gasteiger partial charge in [0.1, 0.15) is 0 Å². The summed E-state index contributed by atoms with van der Waals surface area (Å²) in [6.45, 7) is 4.26. The van der Waals surface area contributed by atoms with Gasteiger partial charge < -0.3 is 14.7 Å². The molecule has 1 saturated heterocycles. The number of piperazine rings is 1. The van der Waals surface area contributed by atoms with Crippen LogP contribution in [0.4, 0.5) is 0 Å². The minimum absolute atomic E-state index is 0. The van der Waals surface area contributed by atoms with Crippen LogP contribution in [0.5, 0.6) is 0 Å². The van der Waals surface area contributed by atoms with Gasteiger partial charge in [-0.25, -0.2) is 0 Å². The highest BCUT2D eigenvalue weighted by Gasteiger charge is 2.22. The Morgan fingerprint density at radius 1 is 1.07 bits per heavy atom. The Morgan fingerprint density at radius 3 is 2.53 bits per heavy atom. The highest BCUT2D eigenvalue weighted by Crippen LogP contribution is 2.19. The van der Waals surface area contributed by atoms with Crippen molar-refractivity contribution >= 4 is 35.6 Å². The quantitative estimate of drug-likeness (QED) is 0.629. The highest BCUT2D eigenvalue weighted by molar-refractivity contribution is 7.12. The molecule has 1 aliphatic heterocycles. The number of rotatable bonds is 6. The van der Waals surface area contributed by atoms with Crippen LogP contribution in [0.1, 0.15) is 20.2 Å². The van der Waals surface area contributed by atoms with E-state index in [0.29, 0.717) is 25.4 Å². The molecule has 4 rings (SSSR count). The van der Waals surface area contributed by atoms with Gasteiger partial charge in [0.05, 0.1) is 4.88 Å². The average Bonchev–Trinajstić information content (AvgIpc) is 3.47. The Labute approximate surface area is 185 Å². The molecule has 2 amide bonds. The van der Waals surface area contributed by atoms with Gasteiger partial charge in [-0.15, -0.1) is 23.7 Å². The molecule has 0 unspecified atom stereocenters. The number of nitrogens with zero attached hydrogens (tertiary/aromatic N) is 3. The fourth-order valence-corrected chi connectivity index (χ4v) is 3.96. The molecule has 3 heterocycles. The molecule has 9 heteroatoms. The first-order valence-corrected chi connectivity index (χ1v) is 10.4. The van der Waals surface area contributed by atoms with E-state index in [4.69, 9.17) is 4.52 Å². The van der Waals surface area contributed by atoms with Crippen LogP contribution >= 0.6 is 23.7 Å². The number of hydrogen-bond acceptors (Lipinski definition) is 6. The standard InChI is InChI=1S/C21H22N4O3S.ClH/c26-20(17-15-18(28-23-17)16-5-2-1-3-6-16)22-8-9-24-10-12-25(13-11-24)21(27)19-7-4-14-29-19;/h1-7,14-15H,8-13H2,(H,22,26);1H. The second-order valence-electron chi connectivity index (χ2n) is 6.81. The van der Waals surface area contributed by atoms with Crippen molar-refractivity contribution in [2.24, 2.45) is 0 Å². The van der Waals surface area contributed by atoms with Crippen molar-refractivity contribution in [2.45, 2.75) is 0 Å². The minimum Gasteiger partial charge on any atom is -0.355 e. The van der Waals surface area contributed by atoms with Crippen LogP contribution in [-0.2, 0) is 0 Å². The van der Waals surface area contributed by atoms with Crippen LogP contribution in [0.3, 0.4) is 0 Å². The molecule has 0 saturated carbocycles. The van der Waals surface area contributed by atoms with E-state index in [1.165, 1.54) is 11.3 Å². The summed E-state index contributed by atoms with van der Waals surface area (Å²) in [5, 5.41) is 8.67. The number of hydrogen-bond donors (Lipinski definition) is 1. The van der Waals surface area contributed by atoms with Gasteiger partial charge in [0.25, 0.3) is 11.8 Å². The molecule has 0 radical (unpaired) electrons. The fourth-order valence-electron chi connectivity index (χ4n) is 3.27. The van der Waals surface area contributed by atoms with E-state index in [1.807, 2.05) is 52.7 Å². The van der Waals surface area contributed by atoms with Crippen LogP contribution in [-0.4, -0.2) is 66.0 Å². The second-order valence-corrected chi connectivity index (χ2v) is 7.76. The summed E-state index contributed by atoms with van der Waals surface area (Å²) < 4.78 is 5.28. The molecule has 30 heavy (non-hydrogen) atoms. The van der Waals surface area contributed by atoms with E-state index in [1.54, 1.807) is 6.07 Å². The number of carbonyl (C=O) groups excluding carboxylic acids is 2. The predicted octanol–water partition coefficient (Wildman–Crippen LogP) is 3.01. The summed E-state index contributed by atoms with van der Waals surface area (Å²) >= 11 is 1.47. The van der Waals surface area contributed by atoms with Crippen LogP contribution in [0.15, 0.2) is 58.4 Å². The zero-order valence-electron chi connectivity index (χ0n) is 16.3. The third-order valence-electron chi connectivity index (χ3n) is 4.91. The van der Waals surface area contributed by atoms with Crippen molar-refractivity contribution in [3.05, 3.63) is 64.5 Å². The third-order valence-corrected chi connectivity index (χ3v) is 5.76. The largest absolute Gasteiger partial charge is 0.355 e. The Bertz CT molecular complexity index is 954. The number of aromatic nitrogens is 1. The smallest absolute Gasteiger partial charge is 0.273 e. The van der Waals surface area contributed by atoms with Crippen LogP contribution in [0, 0.1) is 0 Å². The highest BCUT2D eigenvalue weighted by atomic mass is 35.5. The first kappa shape index (κ1) is 22.0. The van der Waals surface area contributed by atoms with Gasteiger partial charge >= 0.3 is 0 Å². The molecule has 0 atom stereocenters. The molecular formula is C21H23ClN4O3S. The minimum atomic E-state index is -0.248. The molecule has 1 N–H and O–H groups in total. The molecule has 1 aliphatic rings. The molecule has 1 aromatic carbocycles.